The zero-order chi connectivity index (χ0) is 15.1. The molecule has 0 unspecified atom stereocenters. The lowest BCUT2D eigenvalue weighted by molar-refractivity contribution is 0.317. The summed E-state index contributed by atoms with van der Waals surface area (Å²) in [4.78, 5) is 0. The summed E-state index contributed by atoms with van der Waals surface area (Å²) in [7, 11) is 1.89. The average Bonchev–Trinajstić information content (AvgIpc) is 2.87. The first-order valence-corrected chi connectivity index (χ1v) is 7.18. The molecule has 1 heterocycles. The molecule has 1 aromatic heterocycles. The molecule has 0 spiro atoms. The van der Waals surface area contributed by atoms with Gasteiger partial charge in [-0.2, -0.15) is 5.10 Å². The van der Waals surface area contributed by atoms with E-state index in [1.165, 1.54) is 12.1 Å². The van der Waals surface area contributed by atoms with Gasteiger partial charge in [-0.05, 0) is 24.3 Å². The number of ether oxygens (including phenoxy) is 1. The second-order valence-electron chi connectivity index (χ2n) is 4.43. The van der Waals surface area contributed by atoms with Gasteiger partial charge in [-0.3, -0.25) is 4.68 Å². The maximum atomic E-state index is 13.3. The first-order valence-electron chi connectivity index (χ1n) is 6.65. The van der Waals surface area contributed by atoms with Gasteiger partial charge in [0.25, 0.3) is 0 Å². The van der Waals surface area contributed by atoms with Gasteiger partial charge in [0.15, 0.2) is 0 Å². The standard InChI is InChI=1S/C16H16ClFN2O/c1-20-15(7-10-19-20)8-11-21-16-6-5-14(18)12-13(16)4-2-3-9-17/h5-7,10,12H,3,8-9,11H2,1H3. The summed E-state index contributed by atoms with van der Waals surface area (Å²) < 4.78 is 20.8. The Hall–Kier alpha value is -1.99. The number of benzene rings is 1. The van der Waals surface area contributed by atoms with E-state index in [0.29, 0.717) is 30.2 Å². The van der Waals surface area contributed by atoms with Crippen molar-refractivity contribution >= 4 is 11.6 Å². The highest BCUT2D eigenvalue weighted by Crippen LogP contribution is 2.19. The lowest BCUT2D eigenvalue weighted by Gasteiger charge is -2.08. The predicted molar refractivity (Wildman–Crippen MR) is 81.0 cm³/mol. The molecule has 0 N–H and O–H groups in total. The fraction of sp³-hybridized carbons (Fsp3) is 0.312. The number of hydrogen-bond donors (Lipinski definition) is 0. The second-order valence-corrected chi connectivity index (χ2v) is 4.80. The van der Waals surface area contributed by atoms with Gasteiger partial charge in [0, 0.05) is 37.7 Å². The van der Waals surface area contributed by atoms with Crippen LogP contribution in [0.3, 0.4) is 0 Å². The van der Waals surface area contributed by atoms with E-state index >= 15 is 0 Å². The fourth-order valence-corrected chi connectivity index (χ4v) is 1.94. The number of halogens is 2. The highest BCUT2D eigenvalue weighted by Gasteiger charge is 2.05. The molecule has 2 rings (SSSR count). The van der Waals surface area contributed by atoms with E-state index < -0.39 is 0 Å². The molecule has 5 heteroatoms. The zero-order valence-electron chi connectivity index (χ0n) is 11.8. The van der Waals surface area contributed by atoms with Crippen molar-refractivity contribution in [2.75, 3.05) is 12.5 Å². The highest BCUT2D eigenvalue weighted by atomic mass is 35.5. The lowest BCUT2D eigenvalue weighted by atomic mass is 10.2. The minimum absolute atomic E-state index is 0.329. The molecule has 0 bridgehead atoms. The molecular formula is C16H16ClFN2O. The van der Waals surface area contributed by atoms with Crippen molar-refractivity contribution in [1.29, 1.82) is 0 Å². The Bertz CT molecular complexity index is 658. The van der Waals surface area contributed by atoms with Crippen LogP contribution in [0.5, 0.6) is 5.75 Å². The normalized spacial score (nSPS) is 10.0. The van der Waals surface area contributed by atoms with Crippen molar-refractivity contribution < 1.29 is 9.13 Å². The van der Waals surface area contributed by atoms with Gasteiger partial charge in [-0.15, -0.1) is 11.6 Å². The van der Waals surface area contributed by atoms with Crippen LogP contribution in [-0.4, -0.2) is 22.3 Å². The summed E-state index contributed by atoms with van der Waals surface area (Å²) >= 11 is 5.58. The van der Waals surface area contributed by atoms with Crippen LogP contribution in [0.25, 0.3) is 0 Å². The Morgan fingerprint density at radius 3 is 2.95 bits per heavy atom. The monoisotopic (exact) mass is 306 g/mol. The van der Waals surface area contributed by atoms with Gasteiger partial charge >= 0.3 is 0 Å². The van der Waals surface area contributed by atoms with E-state index in [1.54, 1.807) is 16.9 Å². The van der Waals surface area contributed by atoms with Gasteiger partial charge in [0.2, 0.25) is 0 Å². The zero-order valence-corrected chi connectivity index (χ0v) is 12.5. The van der Waals surface area contributed by atoms with Crippen LogP contribution in [0.2, 0.25) is 0 Å². The Kier molecular flexibility index (Phi) is 5.65. The van der Waals surface area contributed by atoms with Crippen molar-refractivity contribution in [3.8, 4) is 17.6 Å². The minimum atomic E-state index is -0.329. The van der Waals surface area contributed by atoms with E-state index in [4.69, 9.17) is 16.3 Å². The van der Waals surface area contributed by atoms with Gasteiger partial charge in [0.05, 0.1) is 12.2 Å². The number of nitrogens with zero attached hydrogens (tertiary/aromatic N) is 2. The Labute approximate surface area is 128 Å². The number of alkyl halides is 1. The van der Waals surface area contributed by atoms with Crippen molar-refractivity contribution in [3.63, 3.8) is 0 Å². The molecule has 0 aliphatic rings. The lowest BCUT2D eigenvalue weighted by Crippen LogP contribution is -2.06. The topological polar surface area (TPSA) is 27.1 Å². The van der Waals surface area contributed by atoms with Crippen LogP contribution >= 0.6 is 11.6 Å². The number of rotatable bonds is 5. The van der Waals surface area contributed by atoms with Gasteiger partial charge in [-0.25, -0.2) is 4.39 Å². The van der Waals surface area contributed by atoms with E-state index in [9.17, 15) is 4.39 Å². The molecular weight excluding hydrogens is 291 g/mol. The summed E-state index contributed by atoms with van der Waals surface area (Å²) in [5, 5.41) is 4.10. The third kappa shape index (κ3) is 4.51. The minimum Gasteiger partial charge on any atom is -0.492 e. The second kappa shape index (κ2) is 7.70. The molecule has 0 fully saturated rings. The summed E-state index contributed by atoms with van der Waals surface area (Å²) in [5.74, 6) is 6.49. The Morgan fingerprint density at radius 2 is 2.24 bits per heavy atom. The first kappa shape index (κ1) is 15.4. The SMILES string of the molecule is Cn1nccc1CCOc1ccc(F)cc1C#CCCCl. The average molecular weight is 307 g/mol. The molecule has 3 nitrogen and oxygen atoms in total. The summed E-state index contributed by atoms with van der Waals surface area (Å²) in [5.41, 5.74) is 1.62. The van der Waals surface area contributed by atoms with Crippen molar-refractivity contribution in [2.24, 2.45) is 7.05 Å². The summed E-state index contributed by atoms with van der Waals surface area (Å²) in [6.07, 6.45) is 3.03. The van der Waals surface area contributed by atoms with Crippen molar-refractivity contribution in [1.82, 2.24) is 9.78 Å². The van der Waals surface area contributed by atoms with E-state index in [0.717, 1.165) is 12.1 Å². The van der Waals surface area contributed by atoms with E-state index in [2.05, 4.69) is 16.9 Å². The molecule has 0 aliphatic heterocycles. The Balaban J connectivity index is 2.02. The molecule has 2 aromatic rings. The summed E-state index contributed by atoms with van der Waals surface area (Å²) in [6, 6.07) is 6.28. The molecule has 0 saturated carbocycles. The predicted octanol–water partition coefficient (Wildman–Crippen LogP) is 3.16. The van der Waals surface area contributed by atoms with Crippen molar-refractivity contribution in [2.45, 2.75) is 12.8 Å². The smallest absolute Gasteiger partial charge is 0.135 e. The molecule has 0 radical (unpaired) electrons. The molecule has 0 amide bonds. The van der Waals surface area contributed by atoms with Crippen LogP contribution < -0.4 is 4.74 Å². The van der Waals surface area contributed by atoms with Crippen LogP contribution in [0.15, 0.2) is 30.5 Å². The maximum absolute atomic E-state index is 13.3. The van der Waals surface area contributed by atoms with Gasteiger partial charge in [0.1, 0.15) is 11.6 Å². The fourth-order valence-electron chi connectivity index (χ4n) is 1.84. The Morgan fingerprint density at radius 1 is 1.38 bits per heavy atom. The number of aryl methyl sites for hydroxylation is 1. The van der Waals surface area contributed by atoms with E-state index in [-0.39, 0.29) is 5.82 Å². The largest absolute Gasteiger partial charge is 0.492 e. The first-order chi connectivity index (χ1) is 10.2. The molecule has 110 valence electrons. The number of hydrogen-bond acceptors (Lipinski definition) is 2. The van der Waals surface area contributed by atoms with Crippen LogP contribution in [0.4, 0.5) is 4.39 Å². The van der Waals surface area contributed by atoms with Crippen molar-refractivity contribution in [3.05, 3.63) is 47.5 Å². The van der Waals surface area contributed by atoms with E-state index in [1.807, 2.05) is 13.1 Å². The number of aromatic nitrogens is 2. The van der Waals surface area contributed by atoms with Crippen LogP contribution in [0, 0.1) is 17.7 Å². The molecule has 21 heavy (non-hydrogen) atoms. The third-order valence-electron chi connectivity index (χ3n) is 2.92. The third-order valence-corrected chi connectivity index (χ3v) is 3.11. The maximum Gasteiger partial charge on any atom is 0.135 e. The molecule has 0 saturated heterocycles. The van der Waals surface area contributed by atoms with Crippen LogP contribution in [0.1, 0.15) is 17.7 Å². The van der Waals surface area contributed by atoms with Gasteiger partial charge < -0.3 is 4.74 Å². The van der Waals surface area contributed by atoms with Crippen LogP contribution in [-0.2, 0) is 13.5 Å². The van der Waals surface area contributed by atoms with Gasteiger partial charge in [-0.1, -0.05) is 11.8 Å². The summed E-state index contributed by atoms with van der Waals surface area (Å²) in [6.45, 7) is 0.481. The molecule has 1 aromatic carbocycles. The molecule has 0 aliphatic carbocycles. The quantitative estimate of drug-likeness (QED) is 0.627. The highest BCUT2D eigenvalue weighted by molar-refractivity contribution is 6.18. The molecule has 0 atom stereocenters.